The van der Waals surface area contributed by atoms with Gasteiger partial charge in [0, 0.05) is 23.3 Å². The smallest absolute Gasteiger partial charge is 0.296 e. The minimum absolute atomic E-state index is 0.329. The van der Waals surface area contributed by atoms with Gasteiger partial charge in [-0.15, -0.1) is 0 Å². The van der Waals surface area contributed by atoms with Gasteiger partial charge in [0.25, 0.3) is 20.2 Å². The Balaban J connectivity index is 1.56. The Bertz CT molecular complexity index is 2320. The Labute approximate surface area is 283 Å². The molecule has 4 aromatic carbocycles. The van der Waals surface area contributed by atoms with Crippen LogP contribution in [0.15, 0.2) is 92.4 Å². The third-order valence-electron chi connectivity index (χ3n) is 7.80. The molecule has 1 aliphatic heterocycles. The standard InChI is InChI=1S/C34H30N2O10S3/c1-19-5-7-21(3)23(13-19)9-11-33(37)35-27-17-29-25(15-31(27)48(41,42)43)26-16-32(49(44,45)46)28(18-30(26)47(29,39)40)36-34(38)12-10-24-14-20(2)6-8-22(24)4/h5-18H,1-4H3,(H,35,37)(H,36,38)(H,41,42,43)(H,44,45,46). The number of hydrogen-bond acceptors (Lipinski definition) is 8. The fourth-order valence-corrected chi connectivity index (χ4v) is 8.29. The van der Waals surface area contributed by atoms with Gasteiger partial charge >= 0.3 is 0 Å². The minimum Gasteiger partial charge on any atom is -0.321 e. The molecule has 0 fully saturated rings. The van der Waals surface area contributed by atoms with E-state index in [9.17, 15) is 43.9 Å². The molecule has 0 aromatic heterocycles. The Kier molecular flexibility index (Phi) is 9.27. The molecule has 4 aromatic rings. The topological polar surface area (TPSA) is 201 Å². The largest absolute Gasteiger partial charge is 0.321 e. The summed E-state index contributed by atoms with van der Waals surface area (Å²) in [5, 5.41) is 4.59. The summed E-state index contributed by atoms with van der Waals surface area (Å²) in [4.78, 5) is 22.9. The lowest BCUT2D eigenvalue weighted by molar-refractivity contribution is -0.112. The molecule has 0 spiro atoms. The highest BCUT2D eigenvalue weighted by Gasteiger charge is 2.38. The monoisotopic (exact) mass is 722 g/mol. The molecule has 254 valence electrons. The fourth-order valence-electron chi connectivity index (χ4n) is 5.28. The number of anilines is 2. The number of nitrogens with one attached hydrogen (secondary N) is 2. The summed E-state index contributed by atoms with van der Waals surface area (Å²) in [5.41, 5.74) is 3.19. The van der Waals surface area contributed by atoms with Crippen molar-refractivity contribution in [3.8, 4) is 11.1 Å². The van der Waals surface area contributed by atoms with Gasteiger partial charge in [-0.2, -0.15) is 16.8 Å². The first-order valence-corrected chi connectivity index (χ1v) is 18.8. The zero-order valence-corrected chi connectivity index (χ0v) is 28.9. The highest BCUT2D eigenvalue weighted by Crippen LogP contribution is 2.48. The summed E-state index contributed by atoms with van der Waals surface area (Å²) in [6.45, 7) is 7.37. The van der Waals surface area contributed by atoms with Gasteiger partial charge in [0.05, 0.1) is 21.2 Å². The van der Waals surface area contributed by atoms with E-state index in [-0.39, 0.29) is 11.1 Å². The number of rotatable bonds is 8. The molecule has 15 heteroatoms. The van der Waals surface area contributed by atoms with Crippen molar-refractivity contribution in [2.45, 2.75) is 47.3 Å². The lowest BCUT2D eigenvalue weighted by Gasteiger charge is -2.12. The second-order valence-corrected chi connectivity index (χ2v) is 16.2. The first kappa shape index (κ1) is 35.4. The number of hydrogen-bond donors (Lipinski definition) is 4. The van der Waals surface area contributed by atoms with Gasteiger partial charge in [-0.1, -0.05) is 47.5 Å². The molecule has 0 saturated heterocycles. The SMILES string of the molecule is Cc1ccc(C)c(C=CC(=O)Nc2cc3c(cc2S(=O)(=O)O)-c2cc(S(=O)(=O)O)c(NC(=O)C=Cc4cc(C)ccc4C)cc2S3(=O)=O)c1. The van der Waals surface area contributed by atoms with Gasteiger partial charge in [-0.05, 0) is 86.4 Å². The second kappa shape index (κ2) is 12.8. The van der Waals surface area contributed by atoms with E-state index in [1.807, 2.05) is 64.1 Å². The van der Waals surface area contributed by atoms with Crippen LogP contribution in [-0.2, 0) is 39.7 Å². The van der Waals surface area contributed by atoms with Crippen LogP contribution >= 0.6 is 0 Å². The molecule has 12 nitrogen and oxygen atoms in total. The van der Waals surface area contributed by atoms with Crippen molar-refractivity contribution in [3.05, 3.63) is 106 Å². The average molecular weight is 723 g/mol. The molecule has 1 aliphatic rings. The van der Waals surface area contributed by atoms with Crippen LogP contribution in [0.25, 0.3) is 23.3 Å². The Morgan fingerprint density at radius 1 is 0.612 bits per heavy atom. The first-order chi connectivity index (χ1) is 22.8. The predicted octanol–water partition coefficient (Wildman–Crippen LogP) is 5.53. The summed E-state index contributed by atoms with van der Waals surface area (Å²) < 4.78 is 97.2. The highest BCUT2D eigenvalue weighted by molar-refractivity contribution is 7.92. The molecule has 0 aliphatic carbocycles. The molecule has 2 amide bonds. The van der Waals surface area contributed by atoms with Crippen LogP contribution in [0.3, 0.4) is 0 Å². The van der Waals surface area contributed by atoms with Gasteiger partial charge in [-0.25, -0.2) is 8.42 Å². The van der Waals surface area contributed by atoms with E-state index < -0.39 is 72.8 Å². The molecule has 0 radical (unpaired) electrons. The summed E-state index contributed by atoms with van der Waals surface area (Å²) in [7, 11) is -14.7. The van der Waals surface area contributed by atoms with Crippen molar-refractivity contribution in [3.63, 3.8) is 0 Å². The molecule has 4 N–H and O–H groups in total. The quantitative estimate of drug-likeness (QED) is 0.117. The summed E-state index contributed by atoms with van der Waals surface area (Å²) in [6, 6.07) is 14.3. The maximum absolute atomic E-state index is 13.8. The van der Waals surface area contributed by atoms with Crippen molar-refractivity contribution in [2.24, 2.45) is 0 Å². The number of amides is 2. The molecule has 0 unspecified atom stereocenters. The van der Waals surface area contributed by atoms with E-state index in [1.54, 1.807) is 0 Å². The molecule has 5 rings (SSSR count). The molecule has 1 heterocycles. The number of aryl methyl sites for hydroxylation is 4. The van der Waals surface area contributed by atoms with Gasteiger partial charge in [0.15, 0.2) is 0 Å². The normalized spacial score (nSPS) is 13.8. The molecule has 0 saturated carbocycles. The lowest BCUT2D eigenvalue weighted by Crippen LogP contribution is -2.13. The van der Waals surface area contributed by atoms with Gasteiger partial charge in [-0.3, -0.25) is 18.7 Å². The number of benzene rings is 4. The Morgan fingerprint density at radius 2 is 0.980 bits per heavy atom. The Hall–Kier alpha value is -4.93. The van der Waals surface area contributed by atoms with Gasteiger partial charge < -0.3 is 10.6 Å². The van der Waals surface area contributed by atoms with E-state index in [4.69, 9.17) is 0 Å². The van der Waals surface area contributed by atoms with Crippen LogP contribution in [0.5, 0.6) is 0 Å². The van der Waals surface area contributed by atoms with Crippen molar-refractivity contribution < 1.29 is 43.9 Å². The van der Waals surface area contributed by atoms with Crippen LogP contribution in [0, 0.1) is 27.7 Å². The molecule has 0 atom stereocenters. The average Bonchev–Trinajstić information content (AvgIpc) is 3.21. The van der Waals surface area contributed by atoms with Crippen LogP contribution in [0.1, 0.15) is 33.4 Å². The third kappa shape index (κ3) is 7.40. The summed E-state index contributed by atoms with van der Waals surface area (Å²) >= 11 is 0. The van der Waals surface area contributed by atoms with E-state index in [0.29, 0.717) is 11.1 Å². The van der Waals surface area contributed by atoms with Crippen LogP contribution < -0.4 is 10.6 Å². The van der Waals surface area contributed by atoms with E-state index in [1.165, 1.54) is 12.2 Å². The van der Waals surface area contributed by atoms with Gasteiger partial charge in [0.1, 0.15) is 9.79 Å². The Morgan fingerprint density at radius 3 is 1.33 bits per heavy atom. The number of sulfone groups is 1. The van der Waals surface area contributed by atoms with Crippen LogP contribution in [0.4, 0.5) is 11.4 Å². The zero-order chi connectivity index (χ0) is 36.1. The fraction of sp³-hybridized carbons (Fsp3) is 0.118. The molecule has 0 bridgehead atoms. The van der Waals surface area contributed by atoms with Gasteiger partial charge in [0.2, 0.25) is 21.7 Å². The third-order valence-corrected chi connectivity index (χ3v) is 11.4. The zero-order valence-electron chi connectivity index (χ0n) is 26.5. The summed E-state index contributed by atoms with van der Waals surface area (Å²) in [6.07, 6.45) is 5.17. The molecular weight excluding hydrogens is 693 g/mol. The first-order valence-electron chi connectivity index (χ1n) is 14.4. The maximum atomic E-state index is 13.8. The summed E-state index contributed by atoms with van der Waals surface area (Å²) in [5.74, 6) is -1.68. The predicted molar refractivity (Wildman–Crippen MR) is 184 cm³/mol. The lowest BCUT2D eigenvalue weighted by atomic mass is 10.0. The molecular formula is C34H30N2O10S3. The van der Waals surface area contributed by atoms with Crippen molar-refractivity contribution in [1.29, 1.82) is 0 Å². The van der Waals surface area contributed by atoms with Crippen molar-refractivity contribution in [2.75, 3.05) is 10.6 Å². The number of carbonyl (C=O) groups excluding carboxylic acids is 2. The van der Waals surface area contributed by atoms with Crippen molar-refractivity contribution in [1.82, 2.24) is 0 Å². The van der Waals surface area contributed by atoms with E-state index in [0.717, 1.165) is 58.7 Å². The number of carbonyl (C=O) groups is 2. The van der Waals surface area contributed by atoms with Crippen molar-refractivity contribution >= 4 is 65.4 Å². The molecule has 49 heavy (non-hydrogen) atoms. The van der Waals surface area contributed by atoms with E-state index >= 15 is 0 Å². The van der Waals surface area contributed by atoms with E-state index in [2.05, 4.69) is 10.6 Å². The van der Waals surface area contributed by atoms with Crippen LogP contribution in [0.2, 0.25) is 0 Å². The highest BCUT2D eigenvalue weighted by atomic mass is 32.2. The number of fused-ring (bicyclic) bond motifs is 3. The maximum Gasteiger partial charge on any atom is 0.296 e. The minimum atomic E-state index is -5.08. The van der Waals surface area contributed by atoms with Crippen LogP contribution in [-0.4, -0.2) is 46.2 Å². The second-order valence-electron chi connectivity index (χ2n) is 11.5.